The van der Waals surface area contributed by atoms with Crippen LogP contribution in [0.25, 0.3) is 83.5 Å². The van der Waals surface area contributed by atoms with Crippen LogP contribution in [0.1, 0.15) is 6.42 Å². The molecule has 45 nitrogen and oxygen atoms in total. The lowest BCUT2D eigenvalue weighted by molar-refractivity contribution is -0.304. The Morgan fingerprint density at radius 2 is 0.624 bits per heavy atom. The van der Waals surface area contributed by atoms with Crippen LogP contribution in [0.15, 0.2) is 41.6 Å². The largest absolute Gasteiger partial charge is 0.411 e. The Morgan fingerprint density at radius 1 is 0.306 bits per heavy atom. The van der Waals surface area contributed by atoms with E-state index in [-0.39, 0.29) is 105 Å². The molecule has 0 amide bonds. The van der Waals surface area contributed by atoms with Crippen molar-refractivity contribution in [2.24, 2.45) is 41.6 Å². The molecule has 1 atom stereocenters. The van der Waals surface area contributed by atoms with Gasteiger partial charge in [-0.05, 0) is 50.7 Å². The van der Waals surface area contributed by atoms with Crippen LogP contribution in [0.4, 0.5) is 0 Å². The second kappa shape index (κ2) is 64.6. The van der Waals surface area contributed by atoms with Gasteiger partial charge in [-0.15, -0.1) is 0 Å². The van der Waals surface area contributed by atoms with E-state index in [1.54, 1.807) is 4.90 Å². The first-order valence-electron chi connectivity index (χ1n) is 26.7. The minimum atomic E-state index is -1.15. The zero-order chi connectivity index (χ0) is 61.8. The van der Waals surface area contributed by atoms with Crippen LogP contribution >= 0.6 is 0 Å². The van der Waals surface area contributed by atoms with Gasteiger partial charge in [0, 0.05) is 170 Å². The molecule has 0 heterocycles. The molecule has 0 fully saturated rings. The van der Waals surface area contributed by atoms with Gasteiger partial charge in [-0.1, -0.05) is 20.5 Å². The fourth-order valence-electron chi connectivity index (χ4n) is 6.89. The highest BCUT2D eigenvalue weighted by Crippen LogP contribution is 2.08. The lowest BCUT2D eigenvalue weighted by Crippen LogP contribution is -2.51. The van der Waals surface area contributed by atoms with Gasteiger partial charge >= 0.3 is 0 Å². The molecule has 480 valence electrons. The first-order chi connectivity index (χ1) is 42.0. The van der Waals surface area contributed by atoms with Crippen molar-refractivity contribution >= 4 is 0 Å². The average molecular weight is 1220 g/mol. The third kappa shape index (κ3) is 53.5. The third-order valence-electron chi connectivity index (χ3n) is 11.0. The average Bonchev–Trinajstić information content (AvgIpc) is 3.59. The second-order valence-electron chi connectivity index (χ2n) is 16.5. The van der Waals surface area contributed by atoms with Crippen LogP contribution in [0.3, 0.4) is 0 Å². The van der Waals surface area contributed by atoms with E-state index >= 15 is 0 Å². The van der Waals surface area contributed by atoms with Gasteiger partial charge in [-0.2, -0.15) is 14.7 Å². The fraction of sp³-hybridized carbons (Fsp3) is 1.00. The van der Waals surface area contributed by atoms with Crippen LogP contribution in [0, 0.1) is 0 Å². The molecule has 1 N–H and O–H groups in total. The van der Waals surface area contributed by atoms with Gasteiger partial charge < -0.3 is 43.1 Å². The smallest absolute Gasteiger partial charge is 0.184 e. The van der Waals surface area contributed by atoms with E-state index < -0.39 is 12.8 Å². The van der Waals surface area contributed by atoms with Crippen molar-refractivity contribution in [2.75, 3.05) is 250 Å². The molecular weight excluding hydrogens is 1140 g/mol. The van der Waals surface area contributed by atoms with Gasteiger partial charge in [-0.25, -0.2) is 0 Å². The van der Waals surface area contributed by atoms with Gasteiger partial charge in [0.15, 0.2) is 6.23 Å². The summed E-state index contributed by atoms with van der Waals surface area (Å²) in [5, 5.41) is 36.4. The van der Waals surface area contributed by atoms with Crippen molar-refractivity contribution < 1.29 is 72.7 Å². The summed E-state index contributed by atoms with van der Waals surface area (Å²) in [6.07, 6.45) is -0.611. The van der Waals surface area contributed by atoms with Gasteiger partial charge in [0.2, 0.25) is 0 Å². The summed E-state index contributed by atoms with van der Waals surface area (Å²) in [6, 6.07) is 0. The van der Waals surface area contributed by atoms with Crippen molar-refractivity contribution in [1.29, 1.82) is 0 Å². The van der Waals surface area contributed by atoms with Crippen molar-refractivity contribution in [3.8, 4) is 0 Å². The van der Waals surface area contributed by atoms with E-state index in [1.807, 2.05) is 4.90 Å². The molecule has 85 heavy (non-hydrogen) atoms. The topological polar surface area (TPSA) is 559 Å². The van der Waals surface area contributed by atoms with E-state index in [1.165, 1.54) is 0 Å². The molecule has 0 spiro atoms. The maximum absolute atomic E-state index is 10.4. The molecule has 0 aliphatic carbocycles. The number of azide groups is 8. The first kappa shape index (κ1) is 78.0. The normalized spacial score (nSPS) is 11.2. The van der Waals surface area contributed by atoms with E-state index in [4.69, 9.17) is 96.9 Å². The van der Waals surface area contributed by atoms with Crippen molar-refractivity contribution in [1.82, 2.24) is 29.4 Å². The zero-order valence-electron chi connectivity index (χ0n) is 47.7. The number of hydrogen-bond acceptors (Lipinski definition) is 29. The summed E-state index contributed by atoms with van der Waals surface area (Å²) in [6.45, 7) is 10.2. The predicted molar refractivity (Wildman–Crippen MR) is 295 cm³/mol. The highest BCUT2D eigenvalue weighted by molar-refractivity contribution is 4.73. The van der Waals surface area contributed by atoms with Gasteiger partial charge in [0.05, 0.1) is 99.2 Å². The summed E-state index contributed by atoms with van der Waals surface area (Å²) >= 11 is 0. The minimum absolute atomic E-state index is 0.0250. The monoisotopic (exact) mass is 1220 g/mol. The maximum Gasteiger partial charge on any atom is 0.184 e. The molecule has 0 saturated heterocycles. The van der Waals surface area contributed by atoms with Crippen LogP contribution in [0.5, 0.6) is 0 Å². The summed E-state index contributed by atoms with van der Waals surface area (Å²) in [5.41, 5.74) is 69.4. The standard InChI is InChI=1S/C40H80N30O15/c41-53-49-2-1-21-72-25-14-65(15-26-76-35-32-73-22-3-50-54-42)6-9-68(10-7-66(16-27-77-36-33-74-23-4-51-55-43)17-28-78-37-34-75-24-5-52-56-44)39-69(11-8-67(18-29-79-83-62-58-46)19-30-80-84-63-59-47)12-13-70(20-31-81-85-64-60-48)40(38-71)82-61-57-45/h40,71H,1-39H2. The van der Waals surface area contributed by atoms with Crippen molar-refractivity contribution in [3.05, 3.63) is 83.5 Å². The lowest BCUT2D eigenvalue weighted by Gasteiger charge is -2.36. The number of rotatable bonds is 67. The molecule has 0 radical (unpaired) electrons. The Hall–Kier alpha value is -7.00. The number of aliphatic hydroxyl groups is 1. The molecule has 0 rings (SSSR count). The highest BCUT2D eigenvalue weighted by atomic mass is 17.3. The number of ether oxygens (including phenoxy) is 7. The van der Waals surface area contributed by atoms with Crippen LogP contribution < -0.4 is 0 Å². The number of nitrogens with zero attached hydrogens (tertiary/aromatic N) is 30. The Bertz CT molecular complexity index is 1950. The molecule has 1 unspecified atom stereocenters. The number of hydrogen-bond donors (Lipinski definition) is 1. The summed E-state index contributed by atoms with van der Waals surface area (Å²) in [4.78, 5) is 67.2. The Kier molecular flexibility index (Phi) is 59.2. The summed E-state index contributed by atoms with van der Waals surface area (Å²) in [7, 11) is 0. The van der Waals surface area contributed by atoms with Crippen LogP contribution in [0.2, 0.25) is 0 Å². The highest BCUT2D eigenvalue weighted by Gasteiger charge is 2.23. The SMILES string of the molecule is [N-]=[N+]=NCCCOCCN(CCOCCOCCN=[N+]=[N-])CCN(CCN(CCOCCOCCN=[N+]=[N-])CCOCCOCCN=[N+]=[N-])CN(CCN(CCOON=[N+]=[N-])CCOON=[N+]=[N-])CCN(CCOON=[N+]=[N-])C(CO)ON=[N+]=[N-]. The zero-order valence-corrected chi connectivity index (χ0v) is 47.7. The van der Waals surface area contributed by atoms with E-state index in [0.29, 0.717) is 145 Å². The van der Waals surface area contributed by atoms with E-state index in [9.17, 15) is 5.11 Å². The maximum atomic E-state index is 10.4. The van der Waals surface area contributed by atoms with Crippen molar-refractivity contribution in [3.63, 3.8) is 0 Å². The molecule has 0 aromatic heterocycles. The third-order valence-corrected chi connectivity index (χ3v) is 11.0. The van der Waals surface area contributed by atoms with Crippen molar-refractivity contribution in [2.45, 2.75) is 12.6 Å². The van der Waals surface area contributed by atoms with Crippen LogP contribution in [-0.2, 0) is 67.6 Å². The van der Waals surface area contributed by atoms with Gasteiger partial charge in [0.25, 0.3) is 0 Å². The lowest BCUT2D eigenvalue weighted by atomic mass is 10.3. The molecular formula is C40H80N30O15. The molecule has 0 aromatic carbocycles. The quantitative estimate of drug-likeness (QED) is 0.0165. The van der Waals surface area contributed by atoms with E-state index in [0.717, 1.165) is 0 Å². The molecule has 0 aliphatic rings. The Morgan fingerprint density at radius 3 is 0.988 bits per heavy atom. The van der Waals surface area contributed by atoms with Gasteiger partial charge in [-0.3, -0.25) is 44.4 Å². The number of aliphatic hydroxyl groups excluding tert-OH is 1. The second-order valence-corrected chi connectivity index (χ2v) is 16.5. The summed E-state index contributed by atoms with van der Waals surface area (Å²) in [5.74, 6) is 0. The van der Waals surface area contributed by atoms with Gasteiger partial charge in [0.1, 0.15) is 40.9 Å². The Balaban J connectivity index is 7.20. The summed E-state index contributed by atoms with van der Waals surface area (Å²) < 4.78 is 40.2. The predicted octanol–water partition coefficient (Wildman–Crippen LogP) is 4.58. The first-order valence-corrected chi connectivity index (χ1v) is 26.7. The molecule has 0 bridgehead atoms. The fourth-order valence-corrected chi connectivity index (χ4v) is 6.89. The minimum Gasteiger partial charge on any atom is -0.411 e. The van der Waals surface area contributed by atoms with Crippen LogP contribution in [-0.4, -0.2) is 291 Å². The molecule has 0 aromatic rings. The Labute approximate surface area is 489 Å². The van der Waals surface area contributed by atoms with E-state index in [2.05, 4.69) is 115 Å². The molecule has 45 heteroatoms. The molecule has 0 saturated carbocycles. The molecule has 0 aliphatic heterocycles.